The van der Waals surface area contributed by atoms with Crippen LogP contribution in [0, 0.1) is 5.92 Å². The fourth-order valence-corrected chi connectivity index (χ4v) is 2.69. The summed E-state index contributed by atoms with van der Waals surface area (Å²) in [5.74, 6) is 1.02. The summed E-state index contributed by atoms with van der Waals surface area (Å²) in [6, 6.07) is 0. The molecule has 0 heterocycles. The Bertz CT molecular complexity index is 252. The van der Waals surface area contributed by atoms with Crippen LogP contribution in [0.15, 0.2) is 11.6 Å². The van der Waals surface area contributed by atoms with Crippen LogP contribution in [0.1, 0.15) is 78.1 Å². The quantitative estimate of drug-likeness (QED) is 0.446. The summed E-state index contributed by atoms with van der Waals surface area (Å²) >= 11 is 0. The molecule has 1 heteroatoms. The first kappa shape index (κ1) is 14.5. The third kappa shape index (κ3) is 6.05. The summed E-state index contributed by atoms with van der Waals surface area (Å²) in [7, 11) is 0. The van der Waals surface area contributed by atoms with Crippen molar-refractivity contribution < 1.29 is 4.79 Å². The third-order valence-corrected chi connectivity index (χ3v) is 3.80. The van der Waals surface area contributed by atoms with E-state index in [1.165, 1.54) is 38.5 Å². The zero-order valence-electron chi connectivity index (χ0n) is 11.6. The number of hydrogen-bond donors (Lipinski definition) is 0. The lowest BCUT2D eigenvalue weighted by molar-refractivity contribution is -0.121. The van der Waals surface area contributed by atoms with Crippen molar-refractivity contribution in [1.82, 2.24) is 0 Å². The zero-order chi connectivity index (χ0) is 12.5. The molecule has 0 aromatic heterocycles. The first-order valence-corrected chi connectivity index (χ1v) is 7.47. The standard InChI is InChI=1S/C16H28O/c1-3-5-6-7-9-14(4-2)12-15-10-8-11-16(17)13-15/h12,15H,3-11,13H2,1-2H3/b14-12+. The van der Waals surface area contributed by atoms with E-state index in [9.17, 15) is 4.79 Å². The van der Waals surface area contributed by atoms with Gasteiger partial charge in [0.2, 0.25) is 0 Å². The second-order valence-electron chi connectivity index (χ2n) is 5.38. The molecular formula is C16H28O. The third-order valence-electron chi connectivity index (χ3n) is 3.80. The van der Waals surface area contributed by atoms with E-state index >= 15 is 0 Å². The minimum atomic E-state index is 0.471. The molecule has 0 aliphatic heterocycles. The van der Waals surface area contributed by atoms with Crippen LogP contribution in [-0.4, -0.2) is 5.78 Å². The Kier molecular flexibility index (Phi) is 7.23. The molecule has 0 amide bonds. The number of hydrogen-bond acceptors (Lipinski definition) is 1. The maximum absolute atomic E-state index is 11.4. The minimum Gasteiger partial charge on any atom is -0.300 e. The summed E-state index contributed by atoms with van der Waals surface area (Å²) in [4.78, 5) is 11.4. The van der Waals surface area contributed by atoms with Crippen molar-refractivity contribution in [2.24, 2.45) is 5.92 Å². The first-order chi connectivity index (χ1) is 8.26. The van der Waals surface area contributed by atoms with Gasteiger partial charge in [0.1, 0.15) is 5.78 Å². The molecule has 1 atom stereocenters. The molecule has 1 saturated carbocycles. The topological polar surface area (TPSA) is 17.1 Å². The number of unbranched alkanes of at least 4 members (excludes halogenated alkanes) is 3. The van der Waals surface area contributed by atoms with E-state index in [2.05, 4.69) is 19.9 Å². The Balaban J connectivity index is 2.34. The predicted molar refractivity (Wildman–Crippen MR) is 74.1 cm³/mol. The highest BCUT2D eigenvalue weighted by Crippen LogP contribution is 2.25. The van der Waals surface area contributed by atoms with Gasteiger partial charge in [-0.3, -0.25) is 4.79 Å². The number of allylic oxidation sites excluding steroid dienone is 2. The summed E-state index contributed by atoms with van der Waals surface area (Å²) in [5, 5.41) is 0. The summed E-state index contributed by atoms with van der Waals surface area (Å²) in [5.41, 5.74) is 1.58. The van der Waals surface area contributed by atoms with Crippen molar-refractivity contribution in [1.29, 1.82) is 0 Å². The van der Waals surface area contributed by atoms with Crippen LogP contribution in [0.4, 0.5) is 0 Å². The molecule has 17 heavy (non-hydrogen) atoms. The van der Waals surface area contributed by atoms with E-state index in [-0.39, 0.29) is 0 Å². The van der Waals surface area contributed by atoms with Crippen LogP contribution in [0.5, 0.6) is 0 Å². The summed E-state index contributed by atoms with van der Waals surface area (Å²) in [6.07, 6.45) is 14.1. The van der Waals surface area contributed by atoms with Gasteiger partial charge in [-0.05, 0) is 38.0 Å². The number of rotatable bonds is 7. The largest absolute Gasteiger partial charge is 0.300 e. The Labute approximate surface area is 107 Å². The number of carbonyl (C=O) groups excluding carboxylic acids is 1. The van der Waals surface area contributed by atoms with Crippen LogP contribution < -0.4 is 0 Å². The highest BCUT2D eigenvalue weighted by atomic mass is 16.1. The van der Waals surface area contributed by atoms with Crippen LogP contribution in [0.25, 0.3) is 0 Å². The molecule has 0 bridgehead atoms. The van der Waals surface area contributed by atoms with E-state index < -0.39 is 0 Å². The molecule has 1 unspecified atom stereocenters. The molecule has 0 N–H and O–H groups in total. The molecule has 0 radical (unpaired) electrons. The predicted octanol–water partition coefficient (Wildman–Crippen LogP) is 5.05. The lowest BCUT2D eigenvalue weighted by Crippen LogP contribution is -2.13. The van der Waals surface area contributed by atoms with Gasteiger partial charge in [0.05, 0.1) is 0 Å². The van der Waals surface area contributed by atoms with Gasteiger partial charge in [0.25, 0.3) is 0 Å². The Morgan fingerprint density at radius 2 is 2.12 bits per heavy atom. The monoisotopic (exact) mass is 236 g/mol. The molecule has 1 fully saturated rings. The van der Waals surface area contributed by atoms with Gasteiger partial charge in [-0.15, -0.1) is 0 Å². The number of carbonyl (C=O) groups is 1. The van der Waals surface area contributed by atoms with Crippen molar-refractivity contribution in [2.75, 3.05) is 0 Å². The molecule has 1 aliphatic carbocycles. The van der Waals surface area contributed by atoms with Crippen LogP contribution in [-0.2, 0) is 4.79 Å². The van der Waals surface area contributed by atoms with Gasteiger partial charge in [0.15, 0.2) is 0 Å². The highest BCUT2D eigenvalue weighted by molar-refractivity contribution is 5.79. The van der Waals surface area contributed by atoms with Gasteiger partial charge in [-0.2, -0.15) is 0 Å². The fourth-order valence-electron chi connectivity index (χ4n) is 2.69. The molecule has 0 saturated heterocycles. The van der Waals surface area contributed by atoms with E-state index in [0.717, 1.165) is 25.7 Å². The molecule has 0 aromatic rings. The van der Waals surface area contributed by atoms with Gasteiger partial charge in [0, 0.05) is 12.8 Å². The number of ketones is 1. The smallest absolute Gasteiger partial charge is 0.133 e. The molecule has 0 spiro atoms. The Hall–Kier alpha value is -0.590. The van der Waals surface area contributed by atoms with Gasteiger partial charge in [-0.1, -0.05) is 44.8 Å². The maximum Gasteiger partial charge on any atom is 0.133 e. The molecule has 0 aromatic carbocycles. The molecule has 1 rings (SSSR count). The van der Waals surface area contributed by atoms with Gasteiger partial charge >= 0.3 is 0 Å². The SMILES string of the molecule is CCCCCC/C(=C/C1CCCC(=O)C1)CC. The fraction of sp³-hybridized carbons (Fsp3) is 0.812. The van der Waals surface area contributed by atoms with Crippen molar-refractivity contribution >= 4 is 5.78 Å². The van der Waals surface area contributed by atoms with Crippen LogP contribution in [0.3, 0.4) is 0 Å². The second-order valence-corrected chi connectivity index (χ2v) is 5.38. The van der Waals surface area contributed by atoms with E-state index in [4.69, 9.17) is 0 Å². The molecule has 98 valence electrons. The average Bonchev–Trinajstić information content (AvgIpc) is 2.33. The molecule has 1 aliphatic rings. The molecule has 1 nitrogen and oxygen atoms in total. The highest BCUT2D eigenvalue weighted by Gasteiger charge is 2.17. The van der Waals surface area contributed by atoms with E-state index in [1.54, 1.807) is 5.57 Å². The second kappa shape index (κ2) is 8.49. The lowest BCUT2D eigenvalue weighted by atomic mass is 9.86. The van der Waals surface area contributed by atoms with Crippen molar-refractivity contribution in [2.45, 2.75) is 78.1 Å². The maximum atomic E-state index is 11.4. The first-order valence-electron chi connectivity index (χ1n) is 7.47. The normalized spacial score (nSPS) is 21.9. The Morgan fingerprint density at radius 1 is 1.29 bits per heavy atom. The summed E-state index contributed by atoms with van der Waals surface area (Å²) in [6.45, 7) is 4.50. The summed E-state index contributed by atoms with van der Waals surface area (Å²) < 4.78 is 0. The van der Waals surface area contributed by atoms with Crippen LogP contribution in [0.2, 0.25) is 0 Å². The van der Waals surface area contributed by atoms with Crippen molar-refractivity contribution in [3.8, 4) is 0 Å². The zero-order valence-corrected chi connectivity index (χ0v) is 11.6. The Morgan fingerprint density at radius 3 is 2.76 bits per heavy atom. The molecular weight excluding hydrogens is 208 g/mol. The van der Waals surface area contributed by atoms with Crippen molar-refractivity contribution in [3.63, 3.8) is 0 Å². The van der Waals surface area contributed by atoms with Crippen molar-refractivity contribution in [3.05, 3.63) is 11.6 Å². The average molecular weight is 236 g/mol. The van der Waals surface area contributed by atoms with E-state index in [1.807, 2.05) is 0 Å². The van der Waals surface area contributed by atoms with Crippen LogP contribution >= 0.6 is 0 Å². The lowest BCUT2D eigenvalue weighted by Gasteiger charge is -2.19. The number of Topliss-reactive ketones (excluding diaryl/α,β-unsaturated/α-hetero) is 1. The van der Waals surface area contributed by atoms with Gasteiger partial charge < -0.3 is 0 Å². The van der Waals surface area contributed by atoms with E-state index in [0.29, 0.717) is 11.7 Å². The minimum absolute atomic E-state index is 0.471. The van der Waals surface area contributed by atoms with Gasteiger partial charge in [-0.25, -0.2) is 0 Å².